The van der Waals surface area contributed by atoms with Crippen molar-refractivity contribution in [1.82, 2.24) is 16.0 Å². The molecule has 0 radical (unpaired) electrons. The molecule has 0 unspecified atom stereocenters. The number of nitrogens with zero attached hydrogens (tertiary/aromatic N) is 1. The van der Waals surface area contributed by atoms with Crippen molar-refractivity contribution in [3.8, 4) is 0 Å². The van der Waals surface area contributed by atoms with Gasteiger partial charge in [-0.1, -0.05) is 48.9 Å². The monoisotopic (exact) mass is 372 g/mol. The first kappa shape index (κ1) is 19.8. The van der Waals surface area contributed by atoms with E-state index in [0.29, 0.717) is 31.2 Å². The van der Waals surface area contributed by atoms with E-state index in [1.165, 1.54) is 0 Å². The van der Waals surface area contributed by atoms with Crippen LogP contribution in [0.2, 0.25) is 5.02 Å². The molecule has 0 aromatic heterocycles. The highest BCUT2D eigenvalue weighted by Gasteiger charge is 2.06. The molecule has 0 aliphatic carbocycles. The van der Waals surface area contributed by atoms with Crippen molar-refractivity contribution in [2.45, 2.75) is 26.4 Å². The molecule has 0 saturated heterocycles. The number of halogens is 1. The molecule has 0 bridgehead atoms. The van der Waals surface area contributed by atoms with Gasteiger partial charge in [0, 0.05) is 37.3 Å². The second-order valence-electron chi connectivity index (χ2n) is 5.83. The second-order valence-corrected chi connectivity index (χ2v) is 6.23. The molecular formula is C20H25ClN4O. The molecule has 2 aromatic carbocycles. The molecule has 0 atom stereocenters. The van der Waals surface area contributed by atoms with Gasteiger partial charge in [0.05, 0.1) is 0 Å². The Balaban J connectivity index is 1.90. The average molecular weight is 373 g/mol. The van der Waals surface area contributed by atoms with Crippen LogP contribution in [0.1, 0.15) is 34.8 Å². The van der Waals surface area contributed by atoms with Gasteiger partial charge in [0.25, 0.3) is 5.91 Å². The SMILES string of the molecule is CCCNC(=O)c1cccc(CNC(=NC)NCc2ccccc2Cl)c1. The van der Waals surface area contributed by atoms with Gasteiger partial charge < -0.3 is 16.0 Å². The average Bonchev–Trinajstić information content (AvgIpc) is 2.67. The highest BCUT2D eigenvalue weighted by molar-refractivity contribution is 6.31. The summed E-state index contributed by atoms with van der Waals surface area (Å²) in [6, 6.07) is 15.3. The summed E-state index contributed by atoms with van der Waals surface area (Å²) in [5.74, 6) is 0.626. The molecule has 2 rings (SSSR count). The number of benzene rings is 2. The molecule has 3 N–H and O–H groups in total. The third kappa shape index (κ3) is 6.08. The van der Waals surface area contributed by atoms with Crippen molar-refractivity contribution in [1.29, 1.82) is 0 Å². The molecular weight excluding hydrogens is 348 g/mol. The van der Waals surface area contributed by atoms with E-state index in [4.69, 9.17) is 11.6 Å². The zero-order chi connectivity index (χ0) is 18.8. The maximum absolute atomic E-state index is 12.1. The van der Waals surface area contributed by atoms with Gasteiger partial charge in [0.15, 0.2) is 5.96 Å². The van der Waals surface area contributed by atoms with Gasteiger partial charge in [-0.3, -0.25) is 9.79 Å². The molecule has 138 valence electrons. The number of nitrogens with one attached hydrogen (secondary N) is 3. The van der Waals surface area contributed by atoms with Crippen LogP contribution >= 0.6 is 11.6 Å². The third-order valence-electron chi connectivity index (χ3n) is 3.81. The van der Waals surface area contributed by atoms with Crippen LogP contribution in [0.3, 0.4) is 0 Å². The summed E-state index contributed by atoms with van der Waals surface area (Å²) in [6.45, 7) is 3.86. The van der Waals surface area contributed by atoms with Crippen LogP contribution in [-0.2, 0) is 13.1 Å². The van der Waals surface area contributed by atoms with Gasteiger partial charge in [-0.15, -0.1) is 0 Å². The molecule has 0 aliphatic heterocycles. The summed E-state index contributed by atoms with van der Waals surface area (Å²) < 4.78 is 0. The van der Waals surface area contributed by atoms with E-state index >= 15 is 0 Å². The standard InChI is InChI=1S/C20H25ClN4O/c1-3-11-23-19(26)16-9-6-7-15(12-16)13-24-20(22-2)25-14-17-8-4-5-10-18(17)21/h4-10,12H,3,11,13-14H2,1-2H3,(H,23,26)(H2,22,24,25). The highest BCUT2D eigenvalue weighted by Crippen LogP contribution is 2.14. The van der Waals surface area contributed by atoms with E-state index < -0.39 is 0 Å². The van der Waals surface area contributed by atoms with Crippen LogP contribution in [0.5, 0.6) is 0 Å². The molecule has 1 amide bonds. The Hall–Kier alpha value is -2.53. The van der Waals surface area contributed by atoms with Crippen molar-refractivity contribution in [2.75, 3.05) is 13.6 Å². The zero-order valence-corrected chi connectivity index (χ0v) is 15.9. The fraction of sp³-hybridized carbons (Fsp3) is 0.300. The van der Waals surface area contributed by atoms with Crippen LogP contribution < -0.4 is 16.0 Å². The minimum Gasteiger partial charge on any atom is -0.352 e. The Bertz CT molecular complexity index is 761. The lowest BCUT2D eigenvalue weighted by atomic mass is 10.1. The number of rotatable bonds is 7. The fourth-order valence-electron chi connectivity index (χ4n) is 2.39. The Morgan fingerprint density at radius 3 is 2.54 bits per heavy atom. The lowest BCUT2D eigenvalue weighted by molar-refractivity contribution is 0.0953. The summed E-state index contributed by atoms with van der Waals surface area (Å²) in [4.78, 5) is 16.3. The number of carbonyl (C=O) groups is 1. The number of carbonyl (C=O) groups excluding carboxylic acids is 1. The van der Waals surface area contributed by atoms with Gasteiger partial charge in [-0.25, -0.2) is 0 Å². The summed E-state index contributed by atoms with van der Waals surface area (Å²) >= 11 is 6.17. The third-order valence-corrected chi connectivity index (χ3v) is 4.18. The Kier molecular flexibility index (Phi) is 7.96. The van der Waals surface area contributed by atoms with Crippen LogP contribution in [0, 0.1) is 0 Å². The maximum Gasteiger partial charge on any atom is 0.251 e. The van der Waals surface area contributed by atoms with E-state index in [-0.39, 0.29) is 5.91 Å². The Morgan fingerprint density at radius 2 is 1.81 bits per heavy atom. The topological polar surface area (TPSA) is 65.5 Å². The zero-order valence-electron chi connectivity index (χ0n) is 15.2. The van der Waals surface area contributed by atoms with Crippen molar-refractivity contribution >= 4 is 23.5 Å². The van der Waals surface area contributed by atoms with Gasteiger partial charge in [0.1, 0.15) is 0 Å². The first-order valence-corrected chi connectivity index (χ1v) is 9.07. The molecule has 6 heteroatoms. The second kappa shape index (κ2) is 10.5. The normalized spacial score (nSPS) is 11.1. The van der Waals surface area contributed by atoms with Crippen LogP contribution in [0.25, 0.3) is 0 Å². The first-order chi connectivity index (χ1) is 12.6. The first-order valence-electron chi connectivity index (χ1n) is 8.69. The maximum atomic E-state index is 12.1. The minimum atomic E-state index is -0.0464. The van der Waals surface area contributed by atoms with E-state index in [1.807, 2.05) is 55.5 Å². The lowest BCUT2D eigenvalue weighted by Crippen LogP contribution is -2.36. The summed E-state index contributed by atoms with van der Waals surface area (Å²) in [5.41, 5.74) is 2.68. The Labute approximate surface area is 159 Å². The van der Waals surface area contributed by atoms with Crippen molar-refractivity contribution in [3.63, 3.8) is 0 Å². The van der Waals surface area contributed by atoms with Crippen LogP contribution in [0.4, 0.5) is 0 Å². The van der Waals surface area contributed by atoms with E-state index in [0.717, 1.165) is 22.6 Å². The van der Waals surface area contributed by atoms with Gasteiger partial charge in [0.2, 0.25) is 0 Å². The van der Waals surface area contributed by atoms with Crippen molar-refractivity contribution < 1.29 is 4.79 Å². The van der Waals surface area contributed by atoms with E-state index in [2.05, 4.69) is 20.9 Å². The predicted molar refractivity (Wildman–Crippen MR) is 108 cm³/mol. The van der Waals surface area contributed by atoms with E-state index in [9.17, 15) is 4.79 Å². The highest BCUT2D eigenvalue weighted by atomic mass is 35.5. The van der Waals surface area contributed by atoms with Crippen LogP contribution in [0.15, 0.2) is 53.5 Å². The minimum absolute atomic E-state index is 0.0464. The number of guanidine groups is 1. The molecule has 0 aliphatic rings. The smallest absolute Gasteiger partial charge is 0.251 e. The number of hydrogen-bond acceptors (Lipinski definition) is 2. The number of amides is 1. The molecule has 0 fully saturated rings. The van der Waals surface area contributed by atoms with E-state index in [1.54, 1.807) is 7.05 Å². The summed E-state index contributed by atoms with van der Waals surface area (Å²) in [7, 11) is 1.72. The van der Waals surface area contributed by atoms with Gasteiger partial charge in [-0.05, 0) is 35.7 Å². The molecule has 0 saturated carbocycles. The number of hydrogen-bond donors (Lipinski definition) is 3. The predicted octanol–water partition coefficient (Wildman–Crippen LogP) is 3.35. The molecule has 5 nitrogen and oxygen atoms in total. The van der Waals surface area contributed by atoms with Crippen molar-refractivity contribution in [2.24, 2.45) is 4.99 Å². The van der Waals surface area contributed by atoms with Crippen LogP contribution in [-0.4, -0.2) is 25.5 Å². The molecule has 0 spiro atoms. The van der Waals surface area contributed by atoms with Gasteiger partial charge >= 0.3 is 0 Å². The van der Waals surface area contributed by atoms with Crippen molar-refractivity contribution in [3.05, 3.63) is 70.2 Å². The lowest BCUT2D eigenvalue weighted by Gasteiger charge is -2.13. The number of aliphatic imine (C=N–C) groups is 1. The summed E-state index contributed by atoms with van der Waals surface area (Å²) in [6.07, 6.45) is 0.917. The van der Waals surface area contributed by atoms with Gasteiger partial charge in [-0.2, -0.15) is 0 Å². The molecule has 26 heavy (non-hydrogen) atoms. The largest absolute Gasteiger partial charge is 0.352 e. The molecule has 2 aromatic rings. The summed E-state index contributed by atoms with van der Waals surface area (Å²) in [5, 5.41) is 10.1. The molecule has 0 heterocycles. The Morgan fingerprint density at radius 1 is 1.04 bits per heavy atom. The quantitative estimate of drug-likeness (QED) is 0.516. The fourth-order valence-corrected chi connectivity index (χ4v) is 2.59.